The van der Waals surface area contributed by atoms with E-state index in [1.807, 2.05) is 0 Å². The minimum atomic E-state index is 0.926. The first-order chi connectivity index (χ1) is 5.47. The molecule has 1 radical (unpaired) electrons. The van der Waals surface area contributed by atoms with Crippen molar-refractivity contribution in [3.8, 4) is 0 Å². The van der Waals surface area contributed by atoms with Crippen molar-refractivity contribution in [1.29, 1.82) is 0 Å². The van der Waals surface area contributed by atoms with Crippen molar-refractivity contribution >= 4 is 0 Å². The van der Waals surface area contributed by atoms with Crippen molar-refractivity contribution in [3.63, 3.8) is 0 Å². The SMILES string of the molecule is [CH]1CCC(N2CCCCC2)C1. The summed E-state index contributed by atoms with van der Waals surface area (Å²) in [6.45, 7) is 2.75. The van der Waals surface area contributed by atoms with Crippen molar-refractivity contribution in [1.82, 2.24) is 4.90 Å². The van der Waals surface area contributed by atoms with Gasteiger partial charge in [-0.15, -0.1) is 0 Å². The highest BCUT2D eigenvalue weighted by atomic mass is 15.2. The standard InChI is InChI=1S/C10H18N/c1-4-8-11(9-5-1)10-6-2-3-7-10/h2,10H,1,3-9H2. The van der Waals surface area contributed by atoms with E-state index in [-0.39, 0.29) is 0 Å². The summed E-state index contributed by atoms with van der Waals surface area (Å²) >= 11 is 0. The molecule has 1 saturated carbocycles. The van der Waals surface area contributed by atoms with Crippen LogP contribution in [0.3, 0.4) is 0 Å². The van der Waals surface area contributed by atoms with Crippen molar-refractivity contribution < 1.29 is 0 Å². The van der Waals surface area contributed by atoms with E-state index in [9.17, 15) is 0 Å². The van der Waals surface area contributed by atoms with E-state index in [0.29, 0.717) is 0 Å². The maximum absolute atomic E-state index is 2.70. The van der Waals surface area contributed by atoms with Gasteiger partial charge in [0.25, 0.3) is 0 Å². The Morgan fingerprint density at radius 1 is 1.09 bits per heavy atom. The van der Waals surface area contributed by atoms with Crippen molar-refractivity contribution in [2.75, 3.05) is 13.1 Å². The molecule has 1 saturated heterocycles. The molecule has 1 heterocycles. The van der Waals surface area contributed by atoms with Crippen molar-refractivity contribution in [2.24, 2.45) is 0 Å². The van der Waals surface area contributed by atoms with Crippen LogP contribution in [0.2, 0.25) is 0 Å². The third-order valence-electron chi connectivity index (χ3n) is 3.05. The van der Waals surface area contributed by atoms with Gasteiger partial charge in [-0.25, -0.2) is 0 Å². The zero-order valence-corrected chi connectivity index (χ0v) is 7.26. The zero-order valence-electron chi connectivity index (χ0n) is 7.26. The molecule has 0 bridgehead atoms. The van der Waals surface area contributed by atoms with Gasteiger partial charge in [-0.3, -0.25) is 0 Å². The molecule has 63 valence electrons. The minimum Gasteiger partial charge on any atom is -0.300 e. The maximum Gasteiger partial charge on any atom is 0.00981 e. The fourth-order valence-corrected chi connectivity index (χ4v) is 2.35. The average molecular weight is 152 g/mol. The summed E-state index contributed by atoms with van der Waals surface area (Å²) in [6.07, 6.45) is 11.0. The monoisotopic (exact) mass is 152 g/mol. The van der Waals surface area contributed by atoms with E-state index in [1.54, 1.807) is 0 Å². The molecule has 0 aromatic rings. The van der Waals surface area contributed by atoms with Crippen molar-refractivity contribution in [2.45, 2.75) is 44.6 Å². The second-order valence-corrected chi connectivity index (χ2v) is 3.85. The Bertz CT molecular complexity index is 110. The molecule has 0 aromatic heterocycles. The van der Waals surface area contributed by atoms with Gasteiger partial charge in [0, 0.05) is 6.04 Å². The number of hydrogen-bond donors (Lipinski definition) is 0. The predicted molar refractivity (Wildman–Crippen MR) is 47.4 cm³/mol. The van der Waals surface area contributed by atoms with Gasteiger partial charge in [-0.2, -0.15) is 0 Å². The Morgan fingerprint density at radius 3 is 2.55 bits per heavy atom. The van der Waals surface area contributed by atoms with Gasteiger partial charge in [-0.1, -0.05) is 6.42 Å². The molecule has 11 heavy (non-hydrogen) atoms. The van der Waals surface area contributed by atoms with Crippen LogP contribution in [0.5, 0.6) is 0 Å². The van der Waals surface area contributed by atoms with Gasteiger partial charge in [0.15, 0.2) is 0 Å². The number of nitrogens with zero attached hydrogens (tertiary/aromatic N) is 1. The Morgan fingerprint density at radius 2 is 1.91 bits per heavy atom. The highest BCUT2D eigenvalue weighted by molar-refractivity contribution is 4.87. The normalized spacial score (nSPS) is 29.5. The third-order valence-corrected chi connectivity index (χ3v) is 3.05. The van der Waals surface area contributed by atoms with Crippen LogP contribution in [0.25, 0.3) is 0 Å². The molecule has 1 unspecified atom stereocenters. The van der Waals surface area contributed by atoms with Gasteiger partial charge in [0.1, 0.15) is 0 Å². The summed E-state index contributed by atoms with van der Waals surface area (Å²) in [6, 6.07) is 0.926. The highest BCUT2D eigenvalue weighted by Crippen LogP contribution is 2.24. The smallest absolute Gasteiger partial charge is 0.00981 e. The Balaban J connectivity index is 1.82. The predicted octanol–water partition coefficient (Wildman–Crippen LogP) is 2.23. The Hall–Kier alpha value is -0.0400. The lowest BCUT2D eigenvalue weighted by Crippen LogP contribution is -2.37. The summed E-state index contributed by atoms with van der Waals surface area (Å²) in [5.41, 5.74) is 0. The summed E-state index contributed by atoms with van der Waals surface area (Å²) < 4.78 is 0. The van der Waals surface area contributed by atoms with Gasteiger partial charge in [0.2, 0.25) is 0 Å². The number of rotatable bonds is 1. The van der Waals surface area contributed by atoms with E-state index in [4.69, 9.17) is 0 Å². The second-order valence-electron chi connectivity index (χ2n) is 3.85. The molecule has 1 heteroatoms. The summed E-state index contributed by atoms with van der Waals surface area (Å²) in [7, 11) is 0. The average Bonchev–Trinajstić information content (AvgIpc) is 2.58. The van der Waals surface area contributed by atoms with Crippen LogP contribution in [0.15, 0.2) is 0 Å². The lowest BCUT2D eigenvalue weighted by molar-refractivity contribution is 0.167. The summed E-state index contributed by atoms with van der Waals surface area (Å²) in [5.74, 6) is 0. The van der Waals surface area contributed by atoms with Crippen LogP contribution in [0.1, 0.15) is 38.5 Å². The number of piperidine rings is 1. The van der Waals surface area contributed by atoms with Crippen LogP contribution in [-0.4, -0.2) is 24.0 Å². The van der Waals surface area contributed by atoms with Gasteiger partial charge < -0.3 is 4.90 Å². The molecule has 1 atom stereocenters. The zero-order chi connectivity index (χ0) is 7.52. The number of likely N-dealkylation sites (tertiary alicyclic amines) is 1. The first kappa shape index (κ1) is 7.60. The minimum absolute atomic E-state index is 0.926. The van der Waals surface area contributed by atoms with E-state index in [1.165, 1.54) is 51.6 Å². The quantitative estimate of drug-likeness (QED) is 0.557. The van der Waals surface area contributed by atoms with Crippen LogP contribution in [0, 0.1) is 6.42 Å². The Kier molecular flexibility index (Phi) is 2.47. The van der Waals surface area contributed by atoms with Crippen LogP contribution in [-0.2, 0) is 0 Å². The first-order valence-electron chi connectivity index (χ1n) is 5.02. The lowest BCUT2D eigenvalue weighted by atomic mass is 10.1. The van der Waals surface area contributed by atoms with Crippen LogP contribution in [0.4, 0.5) is 0 Å². The second kappa shape index (κ2) is 3.57. The van der Waals surface area contributed by atoms with E-state index >= 15 is 0 Å². The summed E-state index contributed by atoms with van der Waals surface area (Å²) in [4.78, 5) is 2.70. The molecule has 1 aliphatic heterocycles. The van der Waals surface area contributed by atoms with E-state index in [0.717, 1.165) is 6.04 Å². The van der Waals surface area contributed by atoms with Gasteiger partial charge in [-0.05, 0) is 51.6 Å². The molecule has 0 spiro atoms. The molecule has 0 aromatic carbocycles. The topological polar surface area (TPSA) is 3.24 Å². The first-order valence-corrected chi connectivity index (χ1v) is 5.02. The molecule has 1 nitrogen and oxygen atoms in total. The third kappa shape index (κ3) is 1.76. The van der Waals surface area contributed by atoms with Crippen molar-refractivity contribution in [3.05, 3.63) is 6.42 Å². The molecule has 0 amide bonds. The number of hydrogen-bond acceptors (Lipinski definition) is 1. The lowest BCUT2D eigenvalue weighted by Gasteiger charge is -2.31. The molecule has 2 aliphatic rings. The van der Waals surface area contributed by atoms with E-state index < -0.39 is 0 Å². The van der Waals surface area contributed by atoms with E-state index in [2.05, 4.69) is 11.3 Å². The molecule has 2 rings (SSSR count). The Labute approximate surface area is 69.8 Å². The van der Waals surface area contributed by atoms with Crippen LogP contribution < -0.4 is 0 Å². The molecule has 0 N–H and O–H groups in total. The molecular weight excluding hydrogens is 134 g/mol. The van der Waals surface area contributed by atoms with Crippen LogP contribution >= 0.6 is 0 Å². The fourth-order valence-electron chi connectivity index (χ4n) is 2.35. The highest BCUT2D eigenvalue weighted by Gasteiger charge is 2.23. The van der Waals surface area contributed by atoms with Gasteiger partial charge >= 0.3 is 0 Å². The largest absolute Gasteiger partial charge is 0.300 e. The fraction of sp³-hybridized carbons (Fsp3) is 0.900. The van der Waals surface area contributed by atoms with Gasteiger partial charge in [0.05, 0.1) is 0 Å². The molecule has 1 aliphatic carbocycles. The molecular formula is C10H18N. The molecule has 2 fully saturated rings. The summed E-state index contributed by atoms with van der Waals surface area (Å²) in [5, 5.41) is 0. The maximum atomic E-state index is 2.70.